The molecular formula is C25H22N2O6. The molecule has 0 fully saturated rings. The molecule has 1 atom stereocenters. The molecule has 1 unspecified atom stereocenters. The Balaban J connectivity index is 1.85. The average Bonchev–Trinajstić information content (AvgIpc) is 2.95. The number of carbonyl (C=O) groups is 2. The maximum absolute atomic E-state index is 13.4. The van der Waals surface area contributed by atoms with E-state index in [4.69, 9.17) is 0 Å². The van der Waals surface area contributed by atoms with Crippen LogP contribution in [0.5, 0.6) is 11.5 Å². The molecule has 2 aromatic rings. The second kappa shape index (κ2) is 7.74. The number of nitrogens with zero attached hydrogens (tertiary/aromatic N) is 1. The van der Waals surface area contributed by atoms with Gasteiger partial charge in [0.1, 0.15) is 17.1 Å². The van der Waals surface area contributed by atoms with Gasteiger partial charge in [-0.05, 0) is 36.3 Å². The summed E-state index contributed by atoms with van der Waals surface area (Å²) in [6, 6.07) is 4.67. The highest BCUT2D eigenvalue weighted by atomic mass is 16.6. The summed E-state index contributed by atoms with van der Waals surface area (Å²) < 4.78 is 0. The number of hydrogen-bond donors (Lipinski definition) is 3. The number of fused-ring (bicyclic) bond motifs is 2. The van der Waals surface area contributed by atoms with Crippen LogP contribution < -0.4 is 5.32 Å². The van der Waals surface area contributed by atoms with E-state index in [2.05, 4.69) is 32.2 Å². The molecule has 3 N–H and O–H groups in total. The molecule has 0 radical (unpaired) electrons. The number of phenols is 2. The molecule has 0 amide bonds. The van der Waals surface area contributed by atoms with Crippen LogP contribution in [0, 0.1) is 21.4 Å². The van der Waals surface area contributed by atoms with Gasteiger partial charge in [0.25, 0.3) is 5.69 Å². The van der Waals surface area contributed by atoms with Crippen LogP contribution >= 0.6 is 0 Å². The monoisotopic (exact) mass is 446 g/mol. The van der Waals surface area contributed by atoms with E-state index in [1.807, 2.05) is 18.2 Å². The lowest BCUT2D eigenvalue weighted by Crippen LogP contribution is -2.24. The first kappa shape index (κ1) is 22.0. The summed E-state index contributed by atoms with van der Waals surface area (Å²) in [6.07, 6.45) is 9.64. The lowest BCUT2D eigenvalue weighted by molar-refractivity contribution is -0.385. The molecule has 2 aromatic carbocycles. The summed E-state index contributed by atoms with van der Waals surface area (Å²) >= 11 is 0. The normalized spacial score (nSPS) is 19.1. The highest BCUT2D eigenvalue weighted by molar-refractivity contribution is 6.33. The van der Waals surface area contributed by atoms with Gasteiger partial charge in [-0.1, -0.05) is 39.0 Å². The summed E-state index contributed by atoms with van der Waals surface area (Å²) in [5.74, 6) is -2.38. The summed E-state index contributed by atoms with van der Waals surface area (Å²) in [5.41, 5.74) is -1.42. The van der Waals surface area contributed by atoms with Crippen molar-refractivity contribution in [3.63, 3.8) is 0 Å². The Hall–Kier alpha value is -4.20. The van der Waals surface area contributed by atoms with E-state index in [1.54, 1.807) is 6.08 Å². The maximum atomic E-state index is 13.4. The van der Waals surface area contributed by atoms with Crippen molar-refractivity contribution in [3.8, 4) is 11.5 Å². The van der Waals surface area contributed by atoms with Gasteiger partial charge >= 0.3 is 0 Å². The van der Waals surface area contributed by atoms with Gasteiger partial charge in [0.05, 0.1) is 27.3 Å². The molecule has 2 aliphatic rings. The number of phenolic OH excluding ortho intramolecular Hbond substituents is 2. The maximum Gasteiger partial charge on any atom is 0.281 e. The van der Waals surface area contributed by atoms with Crippen LogP contribution in [0.25, 0.3) is 0 Å². The lowest BCUT2D eigenvalue weighted by Gasteiger charge is -2.26. The molecule has 0 saturated carbocycles. The van der Waals surface area contributed by atoms with E-state index in [1.165, 1.54) is 12.1 Å². The second-order valence-electron chi connectivity index (χ2n) is 8.61. The molecule has 0 spiro atoms. The van der Waals surface area contributed by atoms with Gasteiger partial charge < -0.3 is 15.5 Å². The molecule has 168 valence electrons. The van der Waals surface area contributed by atoms with Gasteiger partial charge in [0, 0.05) is 17.2 Å². The quantitative estimate of drug-likeness (QED) is 0.296. The third-order valence-corrected chi connectivity index (χ3v) is 6.33. The zero-order valence-corrected chi connectivity index (χ0v) is 18.2. The van der Waals surface area contributed by atoms with Crippen molar-refractivity contribution in [2.24, 2.45) is 11.3 Å². The molecule has 0 aromatic heterocycles. The number of nitro groups is 1. The summed E-state index contributed by atoms with van der Waals surface area (Å²) in [4.78, 5) is 37.4. The van der Waals surface area contributed by atoms with Gasteiger partial charge in [-0.15, -0.1) is 0 Å². The smallest absolute Gasteiger partial charge is 0.281 e. The van der Waals surface area contributed by atoms with Crippen molar-refractivity contribution in [2.45, 2.75) is 20.8 Å². The standard InChI is InChI=1S/C25H22N2O6/c1-13(2)25(3)11-4-5-14(10-12-25)26-15-6-8-17(28)21-19(15)23(30)20-16(27(32)33)7-9-18(29)22(20)24(21)31/h4-13,26,28-29H,1-3H3. The number of allylic oxidation sites excluding steroid dienone is 5. The first-order valence-corrected chi connectivity index (χ1v) is 10.4. The Morgan fingerprint density at radius 1 is 0.939 bits per heavy atom. The topological polar surface area (TPSA) is 130 Å². The van der Waals surface area contributed by atoms with Gasteiger partial charge in [-0.2, -0.15) is 0 Å². The number of aromatic hydroxyl groups is 2. The number of rotatable bonds is 4. The fourth-order valence-electron chi connectivity index (χ4n) is 3.97. The highest BCUT2D eigenvalue weighted by Crippen LogP contribution is 2.43. The van der Waals surface area contributed by atoms with E-state index >= 15 is 0 Å². The average molecular weight is 446 g/mol. The number of nitrogens with one attached hydrogen (secondary N) is 1. The summed E-state index contributed by atoms with van der Waals surface area (Å²) in [7, 11) is 0. The van der Waals surface area contributed by atoms with Crippen molar-refractivity contribution in [2.75, 3.05) is 5.32 Å². The Kier molecular flexibility index (Phi) is 5.16. The van der Waals surface area contributed by atoms with Crippen LogP contribution in [0.1, 0.15) is 52.6 Å². The molecule has 0 saturated heterocycles. The molecular weight excluding hydrogens is 424 g/mol. The van der Waals surface area contributed by atoms with Crippen LogP contribution in [-0.4, -0.2) is 26.7 Å². The molecule has 8 nitrogen and oxygen atoms in total. The van der Waals surface area contributed by atoms with E-state index in [0.717, 1.165) is 12.1 Å². The van der Waals surface area contributed by atoms with Crippen LogP contribution in [0.4, 0.5) is 11.4 Å². The molecule has 0 aliphatic heterocycles. The Bertz CT molecular complexity index is 1320. The predicted molar refractivity (Wildman–Crippen MR) is 123 cm³/mol. The van der Waals surface area contributed by atoms with Crippen molar-refractivity contribution in [3.05, 3.63) is 92.7 Å². The predicted octanol–water partition coefficient (Wildman–Crippen LogP) is 4.87. The molecule has 2 aliphatic carbocycles. The van der Waals surface area contributed by atoms with E-state index in [-0.39, 0.29) is 22.2 Å². The van der Waals surface area contributed by atoms with E-state index in [0.29, 0.717) is 11.6 Å². The fraction of sp³-hybridized carbons (Fsp3) is 0.200. The summed E-state index contributed by atoms with van der Waals surface area (Å²) in [5, 5.41) is 35.2. The van der Waals surface area contributed by atoms with Gasteiger partial charge in [0.15, 0.2) is 0 Å². The Morgan fingerprint density at radius 2 is 1.55 bits per heavy atom. The number of hydrogen-bond acceptors (Lipinski definition) is 7. The number of anilines is 1. The highest BCUT2D eigenvalue weighted by Gasteiger charge is 2.40. The zero-order valence-electron chi connectivity index (χ0n) is 18.2. The van der Waals surface area contributed by atoms with Crippen molar-refractivity contribution in [1.82, 2.24) is 0 Å². The Morgan fingerprint density at radius 3 is 2.18 bits per heavy atom. The first-order chi connectivity index (χ1) is 15.5. The largest absolute Gasteiger partial charge is 0.507 e. The zero-order chi connectivity index (χ0) is 24.1. The number of ketones is 2. The minimum absolute atomic E-state index is 0.183. The van der Waals surface area contributed by atoms with Crippen LogP contribution in [-0.2, 0) is 0 Å². The van der Waals surface area contributed by atoms with Crippen LogP contribution in [0.3, 0.4) is 0 Å². The third-order valence-electron chi connectivity index (χ3n) is 6.33. The van der Waals surface area contributed by atoms with Gasteiger partial charge in [-0.25, -0.2) is 0 Å². The van der Waals surface area contributed by atoms with Crippen molar-refractivity contribution >= 4 is 22.9 Å². The molecule has 8 heteroatoms. The molecule has 0 heterocycles. The van der Waals surface area contributed by atoms with E-state index < -0.39 is 44.8 Å². The lowest BCUT2D eigenvalue weighted by atomic mass is 9.79. The number of benzene rings is 2. The van der Waals surface area contributed by atoms with Gasteiger partial charge in [-0.3, -0.25) is 19.7 Å². The van der Waals surface area contributed by atoms with Crippen LogP contribution in [0.15, 0.2) is 60.3 Å². The fourth-order valence-corrected chi connectivity index (χ4v) is 3.97. The Labute approximate surface area is 189 Å². The molecule has 0 bridgehead atoms. The SMILES string of the molecule is CC(C)C1(C)C=CC=C(Nc2ccc(O)c3c2C(=O)c2c([N+](=O)[O-])ccc(O)c2C3=O)C=C1. The minimum Gasteiger partial charge on any atom is -0.507 e. The number of carbonyl (C=O) groups excluding carboxylic acids is 2. The minimum atomic E-state index is -0.861. The summed E-state index contributed by atoms with van der Waals surface area (Å²) in [6.45, 7) is 6.30. The number of nitro benzene ring substituents is 1. The van der Waals surface area contributed by atoms with Crippen LogP contribution in [0.2, 0.25) is 0 Å². The van der Waals surface area contributed by atoms with Gasteiger partial charge in [0.2, 0.25) is 11.6 Å². The third kappa shape index (κ3) is 3.49. The first-order valence-electron chi connectivity index (χ1n) is 10.4. The molecule has 4 rings (SSSR count). The van der Waals surface area contributed by atoms with E-state index in [9.17, 15) is 29.9 Å². The van der Waals surface area contributed by atoms with Crippen molar-refractivity contribution in [1.29, 1.82) is 0 Å². The second-order valence-corrected chi connectivity index (χ2v) is 8.61. The van der Waals surface area contributed by atoms with Crippen molar-refractivity contribution < 1.29 is 24.7 Å². The molecule has 33 heavy (non-hydrogen) atoms.